The van der Waals surface area contributed by atoms with Gasteiger partial charge in [0.05, 0.1) is 5.56 Å². The normalized spacial score (nSPS) is 10.4. The maximum Gasteiger partial charge on any atom is 0.227 e. The lowest BCUT2D eigenvalue weighted by molar-refractivity contribution is 0.457. The molecule has 0 bridgehead atoms. The molecule has 1 aromatic heterocycles. The van der Waals surface area contributed by atoms with Crippen molar-refractivity contribution in [2.24, 2.45) is 5.84 Å². The van der Waals surface area contributed by atoms with E-state index in [1.165, 1.54) is 6.33 Å². The Morgan fingerprint density at radius 3 is 2.37 bits per heavy atom. The average molecular weight is 279 g/mol. The lowest BCUT2D eigenvalue weighted by atomic mass is 10.1. The van der Waals surface area contributed by atoms with Gasteiger partial charge in [0.1, 0.15) is 17.9 Å². The Bertz CT molecular complexity index is 593. The Labute approximate surface area is 116 Å². The molecule has 0 aliphatic heterocycles. The molecule has 5 nitrogen and oxygen atoms in total. The quantitative estimate of drug-likeness (QED) is 0.666. The number of aromatic nitrogens is 2. The Morgan fingerprint density at radius 1 is 1.16 bits per heavy atom. The van der Waals surface area contributed by atoms with Crippen LogP contribution < -0.4 is 16.0 Å². The highest BCUT2D eigenvalue weighted by atomic mass is 35.5. The number of hydrogen-bond acceptors (Lipinski definition) is 5. The van der Waals surface area contributed by atoms with E-state index in [0.717, 1.165) is 21.7 Å². The van der Waals surface area contributed by atoms with Crippen molar-refractivity contribution in [3.63, 3.8) is 0 Å². The summed E-state index contributed by atoms with van der Waals surface area (Å²) in [7, 11) is 0. The van der Waals surface area contributed by atoms with Gasteiger partial charge in [0.25, 0.3) is 0 Å². The van der Waals surface area contributed by atoms with Gasteiger partial charge in [-0.15, -0.1) is 0 Å². The summed E-state index contributed by atoms with van der Waals surface area (Å²) in [6, 6.07) is 3.73. The van der Waals surface area contributed by atoms with Crippen LogP contribution in [0.15, 0.2) is 18.5 Å². The number of nitrogens with zero attached hydrogens (tertiary/aromatic N) is 2. The molecule has 3 N–H and O–H groups in total. The van der Waals surface area contributed by atoms with Gasteiger partial charge in [-0.1, -0.05) is 11.6 Å². The van der Waals surface area contributed by atoms with Crippen LogP contribution in [-0.4, -0.2) is 9.97 Å². The minimum Gasteiger partial charge on any atom is -0.439 e. The van der Waals surface area contributed by atoms with E-state index >= 15 is 0 Å². The van der Waals surface area contributed by atoms with Crippen LogP contribution >= 0.6 is 11.6 Å². The molecule has 0 saturated carbocycles. The summed E-state index contributed by atoms with van der Waals surface area (Å²) < 4.78 is 5.76. The summed E-state index contributed by atoms with van der Waals surface area (Å²) in [4.78, 5) is 8.10. The van der Waals surface area contributed by atoms with Crippen molar-refractivity contribution >= 4 is 17.4 Å². The fraction of sp³-hybridized carbons (Fsp3) is 0.231. The molecule has 0 unspecified atom stereocenters. The van der Waals surface area contributed by atoms with Crippen LogP contribution in [0, 0.1) is 20.8 Å². The summed E-state index contributed by atoms with van der Waals surface area (Å²) in [6.45, 7) is 5.70. The van der Waals surface area contributed by atoms with Gasteiger partial charge in [-0.3, -0.25) is 0 Å². The number of nitrogens with two attached hydrogens (primary N) is 1. The van der Waals surface area contributed by atoms with Gasteiger partial charge < -0.3 is 10.2 Å². The van der Waals surface area contributed by atoms with Crippen molar-refractivity contribution in [3.05, 3.63) is 40.2 Å². The van der Waals surface area contributed by atoms with Crippen LogP contribution in [-0.2, 0) is 0 Å². The number of nitrogen functional groups attached to an aromatic ring is 1. The molecule has 0 saturated heterocycles. The van der Waals surface area contributed by atoms with Crippen molar-refractivity contribution < 1.29 is 4.74 Å². The van der Waals surface area contributed by atoms with Gasteiger partial charge in [-0.25, -0.2) is 15.8 Å². The van der Waals surface area contributed by atoms with E-state index in [1.807, 2.05) is 32.9 Å². The second-order valence-electron chi connectivity index (χ2n) is 4.27. The van der Waals surface area contributed by atoms with E-state index in [0.29, 0.717) is 17.4 Å². The molecule has 19 heavy (non-hydrogen) atoms. The highest BCUT2D eigenvalue weighted by Gasteiger charge is 2.10. The minimum absolute atomic E-state index is 0.462. The molecule has 6 heteroatoms. The zero-order valence-electron chi connectivity index (χ0n) is 11.0. The topological polar surface area (TPSA) is 73.1 Å². The molecule has 2 rings (SSSR count). The first-order valence-electron chi connectivity index (χ1n) is 5.75. The predicted molar refractivity (Wildman–Crippen MR) is 75.6 cm³/mol. The molecule has 2 aromatic rings. The van der Waals surface area contributed by atoms with Gasteiger partial charge in [0.15, 0.2) is 0 Å². The number of nitrogens with one attached hydrogen (secondary N) is 1. The van der Waals surface area contributed by atoms with Crippen molar-refractivity contribution in [2.75, 3.05) is 5.43 Å². The lowest BCUT2D eigenvalue weighted by Gasteiger charge is -2.12. The van der Waals surface area contributed by atoms with Crippen molar-refractivity contribution in [1.29, 1.82) is 0 Å². The van der Waals surface area contributed by atoms with Crippen molar-refractivity contribution in [3.8, 4) is 11.6 Å². The zero-order chi connectivity index (χ0) is 14.0. The summed E-state index contributed by atoms with van der Waals surface area (Å²) in [5.74, 6) is 7.05. The fourth-order valence-electron chi connectivity index (χ4n) is 1.76. The Morgan fingerprint density at radius 2 is 1.79 bits per heavy atom. The first-order valence-corrected chi connectivity index (χ1v) is 6.13. The molecule has 0 aliphatic rings. The molecule has 0 aliphatic carbocycles. The largest absolute Gasteiger partial charge is 0.439 e. The van der Waals surface area contributed by atoms with E-state index < -0.39 is 0 Å². The molecule has 0 spiro atoms. The van der Waals surface area contributed by atoms with Gasteiger partial charge in [0.2, 0.25) is 5.88 Å². The minimum atomic E-state index is 0.462. The number of hydrogen-bond donors (Lipinski definition) is 2. The number of rotatable bonds is 3. The van der Waals surface area contributed by atoms with Crippen molar-refractivity contribution in [1.82, 2.24) is 9.97 Å². The van der Waals surface area contributed by atoms with E-state index in [-0.39, 0.29) is 0 Å². The van der Waals surface area contributed by atoms with Gasteiger partial charge in [0, 0.05) is 5.02 Å². The van der Waals surface area contributed by atoms with Gasteiger partial charge in [-0.2, -0.15) is 0 Å². The van der Waals surface area contributed by atoms with E-state index in [9.17, 15) is 0 Å². The first-order chi connectivity index (χ1) is 9.02. The molecule has 0 radical (unpaired) electrons. The number of aryl methyl sites for hydroxylation is 2. The number of benzene rings is 1. The average Bonchev–Trinajstić information content (AvgIpc) is 2.38. The zero-order valence-corrected chi connectivity index (χ0v) is 11.7. The van der Waals surface area contributed by atoms with Crippen LogP contribution in [0.4, 0.5) is 5.82 Å². The fourth-order valence-corrected chi connectivity index (χ4v) is 1.87. The lowest BCUT2D eigenvalue weighted by Crippen LogP contribution is -2.11. The van der Waals surface area contributed by atoms with Crippen LogP contribution in [0.1, 0.15) is 16.7 Å². The molecular weight excluding hydrogens is 264 g/mol. The van der Waals surface area contributed by atoms with E-state index in [2.05, 4.69) is 15.4 Å². The summed E-state index contributed by atoms with van der Waals surface area (Å²) >= 11 is 6.12. The highest BCUT2D eigenvalue weighted by Crippen LogP contribution is 2.30. The molecule has 0 fully saturated rings. The van der Waals surface area contributed by atoms with Crippen LogP contribution in [0.5, 0.6) is 11.6 Å². The van der Waals surface area contributed by atoms with Crippen LogP contribution in [0.2, 0.25) is 5.02 Å². The molecule has 0 atom stereocenters. The Hall–Kier alpha value is -1.85. The third-order valence-electron chi connectivity index (χ3n) is 2.80. The van der Waals surface area contributed by atoms with Gasteiger partial charge in [-0.05, 0) is 44.0 Å². The molecule has 0 amide bonds. The van der Waals surface area contributed by atoms with E-state index in [1.54, 1.807) is 0 Å². The maximum atomic E-state index is 6.12. The summed E-state index contributed by atoms with van der Waals surface area (Å²) in [5.41, 5.74) is 5.16. The van der Waals surface area contributed by atoms with Crippen LogP contribution in [0.3, 0.4) is 0 Å². The smallest absolute Gasteiger partial charge is 0.227 e. The number of anilines is 1. The highest BCUT2D eigenvalue weighted by molar-refractivity contribution is 6.32. The second kappa shape index (κ2) is 5.42. The predicted octanol–water partition coefficient (Wildman–Crippen LogP) is 3.13. The van der Waals surface area contributed by atoms with Gasteiger partial charge >= 0.3 is 0 Å². The standard InChI is InChI=1S/C13H15ClN4O/c1-7-4-10(5-8(2)11(7)14)19-13-9(3)12(18-15)16-6-17-13/h4-6H,15H2,1-3H3,(H,16,17,18). The molecule has 1 heterocycles. The molecular formula is C13H15ClN4O. The maximum absolute atomic E-state index is 6.12. The number of halogens is 1. The first kappa shape index (κ1) is 13.6. The van der Waals surface area contributed by atoms with Crippen LogP contribution in [0.25, 0.3) is 0 Å². The number of ether oxygens (including phenoxy) is 1. The third kappa shape index (κ3) is 2.77. The Balaban J connectivity index is 2.36. The van der Waals surface area contributed by atoms with E-state index in [4.69, 9.17) is 22.2 Å². The second-order valence-corrected chi connectivity index (χ2v) is 4.65. The third-order valence-corrected chi connectivity index (χ3v) is 3.40. The van der Waals surface area contributed by atoms with Crippen molar-refractivity contribution in [2.45, 2.75) is 20.8 Å². The summed E-state index contributed by atoms with van der Waals surface area (Å²) in [6.07, 6.45) is 1.40. The molecule has 100 valence electrons. The number of hydrazine groups is 1. The molecule has 1 aromatic carbocycles. The SMILES string of the molecule is Cc1cc(Oc2ncnc(NN)c2C)cc(C)c1Cl. The Kier molecular flexibility index (Phi) is 3.87. The summed E-state index contributed by atoms with van der Waals surface area (Å²) in [5, 5.41) is 0.746. The monoisotopic (exact) mass is 278 g/mol.